The zero-order valence-electron chi connectivity index (χ0n) is 19.3. The van der Waals surface area contributed by atoms with Crippen molar-refractivity contribution < 1.29 is 9.59 Å². The highest BCUT2D eigenvalue weighted by Crippen LogP contribution is 2.21. The van der Waals surface area contributed by atoms with Crippen molar-refractivity contribution in [1.82, 2.24) is 20.2 Å². The first-order chi connectivity index (χ1) is 16.7. The third kappa shape index (κ3) is 6.21. The van der Waals surface area contributed by atoms with Gasteiger partial charge in [0.25, 0.3) is 5.91 Å². The number of rotatable bonds is 9. The molecule has 0 aliphatic carbocycles. The number of benzene rings is 2. The number of anilines is 1. The van der Waals surface area contributed by atoms with Gasteiger partial charge in [0.2, 0.25) is 0 Å². The van der Waals surface area contributed by atoms with Crippen LogP contribution < -0.4 is 10.2 Å². The van der Waals surface area contributed by atoms with Gasteiger partial charge in [-0.2, -0.15) is 0 Å². The summed E-state index contributed by atoms with van der Waals surface area (Å²) >= 11 is 1.75. The van der Waals surface area contributed by atoms with Crippen molar-refractivity contribution in [2.75, 3.05) is 37.3 Å². The largest absolute Gasteiger partial charge is 0.366 e. The quantitative estimate of drug-likeness (QED) is 0.376. The molecule has 2 heterocycles. The first kappa shape index (κ1) is 23.9. The molecule has 0 spiro atoms. The number of piperazine rings is 1. The second-order valence-corrected chi connectivity index (χ2v) is 9.15. The van der Waals surface area contributed by atoms with Crippen LogP contribution in [-0.2, 0) is 17.8 Å². The molecule has 3 aromatic rings. The maximum absolute atomic E-state index is 13.0. The highest BCUT2D eigenvalue weighted by Gasteiger charge is 2.24. The standard InChI is InChI=1S/C26H29N5O2S/c1-34-23-9-7-21(8-10-23)17-30-11-13-31(14-12-30)24-16-27-19-28-25(24)26(33)29-22(18-32)15-20-5-3-2-4-6-20/h2-10,16,18-19,22H,11-15,17H2,1H3,(H,29,33). The molecule has 0 bridgehead atoms. The van der Waals surface area contributed by atoms with Gasteiger partial charge in [0.15, 0.2) is 5.69 Å². The fourth-order valence-electron chi connectivity index (χ4n) is 4.10. The van der Waals surface area contributed by atoms with E-state index in [0.717, 1.165) is 44.6 Å². The molecule has 34 heavy (non-hydrogen) atoms. The summed E-state index contributed by atoms with van der Waals surface area (Å²) in [5.74, 6) is -0.359. The number of aldehydes is 1. The number of hydrogen-bond donors (Lipinski definition) is 1. The van der Waals surface area contributed by atoms with Crippen LogP contribution in [0.4, 0.5) is 5.69 Å². The zero-order valence-corrected chi connectivity index (χ0v) is 20.1. The van der Waals surface area contributed by atoms with Gasteiger partial charge in [-0.3, -0.25) is 9.69 Å². The van der Waals surface area contributed by atoms with E-state index in [2.05, 4.69) is 55.6 Å². The lowest BCUT2D eigenvalue weighted by Crippen LogP contribution is -2.47. The lowest BCUT2D eigenvalue weighted by atomic mass is 10.1. The van der Waals surface area contributed by atoms with Crippen LogP contribution in [-0.4, -0.2) is 65.5 Å². The van der Waals surface area contributed by atoms with Gasteiger partial charge in [-0.15, -0.1) is 11.8 Å². The fraction of sp³-hybridized carbons (Fsp3) is 0.308. The summed E-state index contributed by atoms with van der Waals surface area (Å²) in [5, 5.41) is 2.83. The van der Waals surface area contributed by atoms with Crippen LogP contribution in [0.15, 0.2) is 72.0 Å². The minimum absolute atomic E-state index is 0.302. The van der Waals surface area contributed by atoms with E-state index < -0.39 is 6.04 Å². The van der Waals surface area contributed by atoms with Crippen molar-refractivity contribution in [3.8, 4) is 0 Å². The van der Waals surface area contributed by atoms with Crippen LogP contribution in [0.3, 0.4) is 0 Å². The van der Waals surface area contributed by atoms with E-state index >= 15 is 0 Å². The molecule has 7 nitrogen and oxygen atoms in total. The first-order valence-electron chi connectivity index (χ1n) is 11.4. The van der Waals surface area contributed by atoms with Crippen molar-refractivity contribution in [1.29, 1.82) is 0 Å². The molecule has 1 fully saturated rings. The van der Waals surface area contributed by atoms with E-state index in [-0.39, 0.29) is 5.91 Å². The number of amides is 1. The molecule has 8 heteroatoms. The number of nitrogens with zero attached hydrogens (tertiary/aromatic N) is 4. The molecule has 2 aromatic carbocycles. The lowest BCUT2D eigenvalue weighted by Gasteiger charge is -2.36. The second kappa shape index (κ2) is 11.8. The summed E-state index contributed by atoms with van der Waals surface area (Å²) in [5.41, 5.74) is 3.29. The van der Waals surface area contributed by atoms with Gasteiger partial charge in [-0.05, 0) is 35.9 Å². The van der Waals surface area contributed by atoms with Crippen LogP contribution in [0.2, 0.25) is 0 Å². The molecule has 1 amide bonds. The molecule has 176 valence electrons. The third-order valence-corrected chi connectivity index (χ3v) is 6.71. The zero-order chi connectivity index (χ0) is 23.8. The van der Waals surface area contributed by atoms with Gasteiger partial charge >= 0.3 is 0 Å². The van der Waals surface area contributed by atoms with Gasteiger partial charge in [-0.1, -0.05) is 42.5 Å². The SMILES string of the molecule is CSc1ccc(CN2CCN(c3cncnc3C(=O)NC(C=O)Cc3ccccc3)CC2)cc1. The summed E-state index contributed by atoms with van der Waals surface area (Å²) in [6.07, 6.45) is 6.35. The predicted molar refractivity (Wildman–Crippen MR) is 135 cm³/mol. The second-order valence-electron chi connectivity index (χ2n) is 8.27. The molecule has 1 saturated heterocycles. The van der Waals surface area contributed by atoms with Crippen molar-refractivity contribution in [2.24, 2.45) is 0 Å². The summed E-state index contributed by atoms with van der Waals surface area (Å²) in [7, 11) is 0. The Morgan fingerprint density at radius 3 is 2.47 bits per heavy atom. The molecule has 1 aromatic heterocycles. The number of nitrogens with one attached hydrogen (secondary N) is 1. The normalized spacial score (nSPS) is 15.0. The van der Waals surface area contributed by atoms with Gasteiger partial charge in [-0.25, -0.2) is 9.97 Å². The molecular weight excluding hydrogens is 446 g/mol. The molecular formula is C26H29N5O2S. The van der Waals surface area contributed by atoms with E-state index in [1.54, 1.807) is 18.0 Å². The molecule has 4 rings (SSSR count). The topological polar surface area (TPSA) is 78.4 Å². The Labute approximate surface area is 204 Å². The van der Waals surface area contributed by atoms with Crippen molar-refractivity contribution in [2.45, 2.75) is 23.9 Å². The van der Waals surface area contributed by atoms with Crippen LogP contribution >= 0.6 is 11.8 Å². The average Bonchev–Trinajstić information content (AvgIpc) is 2.90. The summed E-state index contributed by atoms with van der Waals surface area (Å²) < 4.78 is 0. The van der Waals surface area contributed by atoms with E-state index in [0.29, 0.717) is 17.8 Å². The third-order valence-electron chi connectivity index (χ3n) is 5.97. The maximum atomic E-state index is 13.0. The Hall–Kier alpha value is -3.23. The Bertz CT molecular complexity index is 1090. The predicted octanol–water partition coefficient (Wildman–Crippen LogP) is 3.06. The van der Waals surface area contributed by atoms with Crippen molar-refractivity contribution >= 4 is 29.6 Å². The maximum Gasteiger partial charge on any atom is 0.272 e. The number of thioether (sulfide) groups is 1. The van der Waals surface area contributed by atoms with E-state index in [4.69, 9.17) is 0 Å². The first-order valence-corrected chi connectivity index (χ1v) is 12.6. The number of carbonyl (C=O) groups excluding carboxylic acids is 2. The molecule has 1 aliphatic heterocycles. The molecule has 0 radical (unpaired) electrons. The van der Waals surface area contributed by atoms with Gasteiger partial charge in [0.05, 0.1) is 17.9 Å². The van der Waals surface area contributed by atoms with Crippen LogP contribution in [0.1, 0.15) is 21.6 Å². The van der Waals surface area contributed by atoms with Crippen LogP contribution in [0.5, 0.6) is 0 Å². The van der Waals surface area contributed by atoms with Gasteiger partial charge in [0.1, 0.15) is 12.6 Å². The van der Waals surface area contributed by atoms with Gasteiger partial charge in [0, 0.05) is 37.6 Å². The lowest BCUT2D eigenvalue weighted by molar-refractivity contribution is -0.109. The minimum atomic E-state index is -0.618. The minimum Gasteiger partial charge on any atom is -0.366 e. The van der Waals surface area contributed by atoms with E-state index in [1.165, 1.54) is 16.8 Å². The highest BCUT2D eigenvalue weighted by molar-refractivity contribution is 7.98. The molecule has 0 saturated carbocycles. The fourth-order valence-corrected chi connectivity index (χ4v) is 4.51. The van der Waals surface area contributed by atoms with Crippen LogP contribution in [0.25, 0.3) is 0 Å². The number of aromatic nitrogens is 2. The average molecular weight is 476 g/mol. The van der Waals surface area contributed by atoms with Crippen molar-refractivity contribution in [3.63, 3.8) is 0 Å². The van der Waals surface area contributed by atoms with E-state index in [1.807, 2.05) is 30.3 Å². The van der Waals surface area contributed by atoms with E-state index in [9.17, 15) is 9.59 Å². The molecule has 1 atom stereocenters. The number of hydrogen-bond acceptors (Lipinski definition) is 7. The smallest absolute Gasteiger partial charge is 0.272 e. The van der Waals surface area contributed by atoms with Crippen molar-refractivity contribution in [3.05, 3.63) is 83.9 Å². The Balaban J connectivity index is 1.37. The Kier molecular flexibility index (Phi) is 8.27. The summed E-state index contributed by atoms with van der Waals surface area (Å²) in [6.45, 7) is 4.22. The Morgan fingerprint density at radius 2 is 1.79 bits per heavy atom. The molecule has 1 aliphatic rings. The Morgan fingerprint density at radius 1 is 1.06 bits per heavy atom. The monoisotopic (exact) mass is 475 g/mol. The van der Waals surface area contributed by atoms with Gasteiger partial charge < -0.3 is 15.0 Å². The number of carbonyl (C=O) groups is 2. The molecule has 1 N–H and O–H groups in total. The summed E-state index contributed by atoms with van der Waals surface area (Å²) in [4.78, 5) is 38.9. The van der Waals surface area contributed by atoms with Crippen LogP contribution in [0, 0.1) is 0 Å². The highest BCUT2D eigenvalue weighted by atomic mass is 32.2. The molecule has 1 unspecified atom stereocenters. The summed E-state index contributed by atoms with van der Waals surface area (Å²) in [6, 6.07) is 17.7.